The Bertz CT molecular complexity index is 1120. The molecule has 0 N–H and O–H groups in total. The SMILES string of the molecule is C[C@H](c1ccccc1[C@@H](OC(=O)[C@@H]1C[C@@H]2CC[C@H]1C2)c1ccc2ccccc2c1)N(C)C. The molecule has 0 radical (unpaired) electrons. The molecule has 3 aromatic rings. The van der Waals surface area contributed by atoms with E-state index >= 15 is 0 Å². The van der Waals surface area contributed by atoms with Gasteiger partial charge in [-0.05, 0) is 80.1 Å². The van der Waals surface area contributed by atoms with Crippen LogP contribution in [0.25, 0.3) is 10.8 Å². The van der Waals surface area contributed by atoms with E-state index in [0.717, 1.165) is 23.5 Å². The predicted octanol–water partition coefficient (Wildman–Crippen LogP) is 6.53. The van der Waals surface area contributed by atoms with Gasteiger partial charge in [0.05, 0.1) is 5.92 Å². The summed E-state index contributed by atoms with van der Waals surface area (Å²) in [5.74, 6) is 1.29. The van der Waals surface area contributed by atoms with Gasteiger partial charge >= 0.3 is 5.97 Å². The number of hydrogen-bond acceptors (Lipinski definition) is 3. The first-order chi connectivity index (χ1) is 15.5. The van der Waals surface area contributed by atoms with Crippen molar-refractivity contribution in [3.63, 3.8) is 0 Å². The zero-order chi connectivity index (χ0) is 22.2. The molecular formula is C29H33NO2. The fourth-order valence-corrected chi connectivity index (χ4v) is 5.83. The van der Waals surface area contributed by atoms with E-state index in [1.165, 1.54) is 35.6 Å². The number of carbonyl (C=O) groups excluding carboxylic acids is 1. The lowest BCUT2D eigenvalue weighted by molar-refractivity contribution is -0.154. The van der Waals surface area contributed by atoms with E-state index in [2.05, 4.69) is 92.6 Å². The summed E-state index contributed by atoms with van der Waals surface area (Å²) in [6.07, 6.45) is 4.27. The van der Waals surface area contributed by atoms with Crippen molar-refractivity contribution in [2.75, 3.05) is 14.1 Å². The van der Waals surface area contributed by atoms with E-state index in [1.54, 1.807) is 0 Å². The summed E-state index contributed by atoms with van der Waals surface area (Å²) in [5.41, 5.74) is 3.33. The summed E-state index contributed by atoms with van der Waals surface area (Å²) in [7, 11) is 4.18. The van der Waals surface area contributed by atoms with E-state index in [4.69, 9.17) is 4.74 Å². The predicted molar refractivity (Wildman–Crippen MR) is 129 cm³/mol. The first-order valence-electron chi connectivity index (χ1n) is 12.0. The van der Waals surface area contributed by atoms with Crippen molar-refractivity contribution in [2.24, 2.45) is 17.8 Å². The maximum atomic E-state index is 13.4. The maximum absolute atomic E-state index is 13.4. The van der Waals surface area contributed by atoms with Crippen LogP contribution in [0.2, 0.25) is 0 Å². The van der Waals surface area contributed by atoms with Gasteiger partial charge in [-0.1, -0.05) is 67.1 Å². The fourth-order valence-electron chi connectivity index (χ4n) is 5.83. The normalized spacial score (nSPS) is 24.1. The summed E-state index contributed by atoms with van der Waals surface area (Å²) in [5, 5.41) is 2.37. The maximum Gasteiger partial charge on any atom is 0.310 e. The number of ether oxygens (including phenoxy) is 1. The van der Waals surface area contributed by atoms with Gasteiger partial charge in [0.2, 0.25) is 0 Å². The Balaban J connectivity index is 1.55. The Labute approximate surface area is 191 Å². The third-order valence-corrected chi connectivity index (χ3v) is 7.85. The van der Waals surface area contributed by atoms with Crippen LogP contribution in [0.4, 0.5) is 0 Å². The monoisotopic (exact) mass is 427 g/mol. The second kappa shape index (κ2) is 8.71. The second-order valence-electron chi connectivity index (χ2n) is 9.97. The van der Waals surface area contributed by atoms with Gasteiger partial charge in [-0.3, -0.25) is 4.79 Å². The van der Waals surface area contributed by atoms with Gasteiger partial charge in [-0.15, -0.1) is 0 Å². The highest BCUT2D eigenvalue weighted by Gasteiger charge is 2.44. The number of hydrogen-bond donors (Lipinski definition) is 0. The highest BCUT2D eigenvalue weighted by Crippen LogP contribution is 2.49. The zero-order valence-corrected chi connectivity index (χ0v) is 19.3. The zero-order valence-electron chi connectivity index (χ0n) is 19.3. The topological polar surface area (TPSA) is 29.5 Å². The Morgan fingerprint density at radius 2 is 1.62 bits per heavy atom. The minimum absolute atomic E-state index is 0.0114. The molecule has 3 heteroatoms. The quantitative estimate of drug-likeness (QED) is 0.419. The van der Waals surface area contributed by atoms with Crippen LogP contribution < -0.4 is 0 Å². The van der Waals surface area contributed by atoms with Crippen LogP contribution in [0.1, 0.15) is 61.4 Å². The molecular weight excluding hydrogens is 394 g/mol. The number of fused-ring (bicyclic) bond motifs is 3. The third-order valence-electron chi connectivity index (χ3n) is 7.85. The lowest BCUT2D eigenvalue weighted by Gasteiger charge is -2.29. The molecule has 0 spiro atoms. The fraction of sp³-hybridized carbons (Fsp3) is 0.414. The molecule has 3 aromatic carbocycles. The summed E-state index contributed by atoms with van der Waals surface area (Å²) in [6, 6.07) is 23.5. The van der Waals surface area contributed by atoms with Crippen molar-refractivity contribution >= 4 is 16.7 Å². The molecule has 0 unspecified atom stereocenters. The molecule has 0 amide bonds. The number of nitrogens with zero attached hydrogens (tertiary/aromatic N) is 1. The Kier molecular flexibility index (Phi) is 5.77. The van der Waals surface area contributed by atoms with Gasteiger partial charge in [0.1, 0.15) is 0 Å². The minimum atomic E-state index is -0.398. The molecule has 5 atom stereocenters. The molecule has 32 heavy (non-hydrogen) atoms. The van der Waals surface area contributed by atoms with Gasteiger partial charge < -0.3 is 9.64 Å². The molecule has 166 valence electrons. The van der Waals surface area contributed by atoms with Crippen molar-refractivity contribution in [3.05, 3.63) is 83.4 Å². The van der Waals surface area contributed by atoms with Crippen molar-refractivity contribution in [2.45, 2.75) is 44.8 Å². The number of benzene rings is 3. The average molecular weight is 428 g/mol. The first-order valence-corrected chi connectivity index (χ1v) is 12.0. The van der Waals surface area contributed by atoms with Crippen LogP contribution in [-0.2, 0) is 9.53 Å². The van der Waals surface area contributed by atoms with Gasteiger partial charge in [-0.2, -0.15) is 0 Å². The Morgan fingerprint density at radius 3 is 2.31 bits per heavy atom. The number of carbonyl (C=O) groups is 1. The van der Waals surface area contributed by atoms with Gasteiger partial charge in [0.15, 0.2) is 6.10 Å². The lowest BCUT2D eigenvalue weighted by Crippen LogP contribution is -2.26. The van der Waals surface area contributed by atoms with Crippen molar-refractivity contribution in [1.29, 1.82) is 0 Å². The highest BCUT2D eigenvalue weighted by atomic mass is 16.5. The van der Waals surface area contributed by atoms with Crippen molar-refractivity contribution < 1.29 is 9.53 Å². The second-order valence-corrected chi connectivity index (χ2v) is 9.97. The summed E-state index contributed by atoms with van der Waals surface area (Å²) >= 11 is 0. The van der Waals surface area contributed by atoms with Crippen LogP contribution in [0, 0.1) is 17.8 Å². The molecule has 3 nitrogen and oxygen atoms in total. The van der Waals surface area contributed by atoms with Gasteiger partial charge in [-0.25, -0.2) is 0 Å². The molecule has 0 saturated heterocycles. The van der Waals surface area contributed by atoms with Crippen LogP contribution >= 0.6 is 0 Å². The minimum Gasteiger partial charge on any atom is -0.452 e. The van der Waals surface area contributed by atoms with E-state index < -0.39 is 6.10 Å². The van der Waals surface area contributed by atoms with Crippen LogP contribution in [-0.4, -0.2) is 25.0 Å². The van der Waals surface area contributed by atoms with E-state index in [1.807, 2.05) is 0 Å². The van der Waals surface area contributed by atoms with Crippen LogP contribution in [0.3, 0.4) is 0 Å². The molecule has 0 aliphatic heterocycles. The van der Waals surface area contributed by atoms with Gasteiger partial charge in [0, 0.05) is 11.6 Å². The van der Waals surface area contributed by atoms with Crippen molar-refractivity contribution in [1.82, 2.24) is 4.90 Å². The lowest BCUT2D eigenvalue weighted by atomic mass is 9.88. The van der Waals surface area contributed by atoms with E-state index in [0.29, 0.717) is 5.92 Å². The van der Waals surface area contributed by atoms with Crippen LogP contribution in [0.15, 0.2) is 66.7 Å². The van der Waals surface area contributed by atoms with E-state index in [9.17, 15) is 4.79 Å². The Hall–Kier alpha value is -2.65. The highest BCUT2D eigenvalue weighted by molar-refractivity contribution is 5.83. The molecule has 0 heterocycles. The number of esters is 1. The van der Waals surface area contributed by atoms with Crippen LogP contribution in [0.5, 0.6) is 0 Å². The summed E-state index contributed by atoms with van der Waals surface area (Å²) in [4.78, 5) is 15.6. The smallest absolute Gasteiger partial charge is 0.310 e. The van der Waals surface area contributed by atoms with Crippen molar-refractivity contribution in [3.8, 4) is 0 Å². The first kappa shape index (κ1) is 21.2. The Morgan fingerprint density at radius 1 is 0.906 bits per heavy atom. The molecule has 2 saturated carbocycles. The molecule has 2 fully saturated rings. The van der Waals surface area contributed by atoms with Gasteiger partial charge in [0.25, 0.3) is 0 Å². The molecule has 5 rings (SSSR count). The summed E-state index contributed by atoms with van der Waals surface area (Å²) in [6.45, 7) is 2.20. The summed E-state index contributed by atoms with van der Waals surface area (Å²) < 4.78 is 6.42. The molecule has 2 bridgehead atoms. The van der Waals surface area contributed by atoms with E-state index in [-0.39, 0.29) is 17.9 Å². The molecule has 2 aliphatic carbocycles. The standard InChI is InChI=1S/C29H33NO2/c1-19(30(2)3)25-10-6-7-11-26(25)28(24-15-14-21-8-4-5-9-22(21)18-24)32-29(31)27-17-20-12-13-23(27)16-20/h4-11,14-15,18-20,23,27-28H,12-13,16-17H2,1-3H3/t19-,20-,23+,27-,28+/m1/s1. The average Bonchev–Trinajstić information content (AvgIpc) is 3.45. The number of rotatable bonds is 6. The molecule has 2 aliphatic rings. The third kappa shape index (κ3) is 3.95. The molecule has 0 aromatic heterocycles. The largest absolute Gasteiger partial charge is 0.452 e.